The van der Waals surface area contributed by atoms with Crippen molar-refractivity contribution >= 4 is 31.6 Å². The predicted octanol–water partition coefficient (Wildman–Crippen LogP) is 0.0233. The van der Waals surface area contributed by atoms with E-state index in [1.807, 2.05) is 0 Å². The fourth-order valence-electron chi connectivity index (χ4n) is 0.427. The topological polar surface area (TPSA) is 20.3 Å². The van der Waals surface area contributed by atoms with E-state index in [1.54, 1.807) is 6.92 Å². The summed E-state index contributed by atoms with van der Waals surface area (Å²) in [5.74, 6) is 0.289. The molecule has 0 aromatic heterocycles. The number of rotatable bonds is 4. The van der Waals surface area contributed by atoms with Crippen molar-refractivity contribution in [2.45, 2.75) is 13.3 Å². The number of nitrogens with zero attached hydrogens (tertiary/aromatic N) is 1. The quantitative estimate of drug-likeness (QED) is 0.681. The SMILES string of the molecule is CC(=O)CCN(C)[CH2][Pb]. The maximum atomic E-state index is 10.4. The predicted molar refractivity (Wildman–Crippen MR) is 38.5 cm³/mol. The van der Waals surface area contributed by atoms with Gasteiger partial charge < -0.3 is 0 Å². The van der Waals surface area contributed by atoms with Crippen molar-refractivity contribution in [3.05, 3.63) is 0 Å². The van der Waals surface area contributed by atoms with Gasteiger partial charge >= 0.3 is 72.3 Å². The zero-order valence-corrected chi connectivity index (χ0v) is 9.86. The molecule has 0 aromatic rings. The van der Waals surface area contributed by atoms with E-state index in [4.69, 9.17) is 0 Å². The van der Waals surface area contributed by atoms with Crippen LogP contribution in [0, 0.1) is 0 Å². The summed E-state index contributed by atoms with van der Waals surface area (Å²) >= 11 is 1.20. The molecule has 0 rings (SSSR count). The fourth-order valence-corrected chi connectivity index (χ4v) is 1.04. The van der Waals surface area contributed by atoms with Crippen LogP contribution in [-0.4, -0.2) is 54.1 Å². The Balaban J connectivity index is 3.16. The number of hydrogen-bond donors (Lipinski definition) is 0. The second kappa shape index (κ2) is 5.35. The molecular weight excluding hydrogens is 309 g/mol. The summed E-state index contributed by atoms with van der Waals surface area (Å²) in [5, 5.41) is 0. The van der Waals surface area contributed by atoms with Crippen LogP contribution in [0.4, 0.5) is 0 Å². The Morgan fingerprint density at radius 2 is 2.22 bits per heavy atom. The van der Waals surface area contributed by atoms with E-state index >= 15 is 0 Å². The molecule has 0 aliphatic heterocycles. The van der Waals surface area contributed by atoms with Crippen LogP contribution in [0.1, 0.15) is 13.3 Å². The number of hydrogen-bond acceptors (Lipinski definition) is 2. The molecule has 3 radical (unpaired) electrons. The van der Waals surface area contributed by atoms with Crippen LogP contribution >= 0.6 is 0 Å². The minimum absolute atomic E-state index is 0.289. The molecule has 0 heterocycles. The number of Topliss-reactive ketones (excluding diaryl/α,β-unsaturated/α-hetero) is 1. The average Bonchev–Trinajstić information content (AvgIpc) is 1.83. The maximum absolute atomic E-state index is 10.4. The molecule has 0 amide bonds. The van der Waals surface area contributed by atoms with Crippen LogP contribution in [0.25, 0.3) is 0 Å². The summed E-state index contributed by atoms with van der Waals surface area (Å²) in [6.07, 6.45) is 0.707. The zero-order valence-electron chi connectivity index (χ0n) is 5.98. The van der Waals surface area contributed by atoms with Crippen LogP contribution in [0.15, 0.2) is 0 Å². The molecule has 0 unspecified atom stereocenters. The van der Waals surface area contributed by atoms with E-state index in [-0.39, 0.29) is 5.78 Å². The molecule has 0 N–H and O–H groups in total. The van der Waals surface area contributed by atoms with E-state index < -0.39 is 0 Å². The van der Waals surface area contributed by atoms with Gasteiger partial charge in [-0.2, -0.15) is 0 Å². The van der Waals surface area contributed by atoms with Crippen LogP contribution in [0.5, 0.6) is 0 Å². The van der Waals surface area contributed by atoms with E-state index in [0.29, 0.717) is 6.42 Å². The number of carbonyl (C=O) groups excluding carboxylic acids is 1. The van der Waals surface area contributed by atoms with Crippen LogP contribution < -0.4 is 0 Å². The Morgan fingerprint density at radius 1 is 1.67 bits per heavy atom. The monoisotopic (exact) mass is 322 g/mol. The Kier molecular flexibility index (Phi) is 5.67. The molecule has 0 fully saturated rings. The molecule has 0 aliphatic carbocycles. The van der Waals surface area contributed by atoms with Crippen molar-refractivity contribution in [1.82, 2.24) is 4.90 Å². The molecule has 0 bridgehead atoms. The van der Waals surface area contributed by atoms with Crippen molar-refractivity contribution in [3.63, 3.8) is 0 Å². The van der Waals surface area contributed by atoms with Crippen molar-refractivity contribution < 1.29 is 4.79 Å². The molecule has 0 spiro atoms. The van der Waals surface area contributed by atoms with Gasteiger partial charge in [-0.15, -0.1) is 0 Å². The van der Waals surface area contributed by atoms with Gasteiger partial charge in [0, 0.05) is 0 Å². The Hall–Kier alpha value is 0.552. The van der Waals surface area contributed by atoms with Crippen molar-refractivity contribution in [3.8, 4) is 0 Å². The molecule has 0 saturated carbocycles. The Morgan fingerprint density at radius 3 is 2.56 bits per heavy atom. The molecular formula is C6H12NOPb. The normalized spacial score (nSPS) is 10.2. The van der Waals surface area contributed by atoms with Crippen LogP contribution in [0.3, 0.4) is 0 Å². The van der Waals surface area contributed by atoms with Gasteiger partial charge in [0.1, 0.15) is 0 Å². The van der Waals surface area contributed by atoms with Crippen LogP contribution in [-0.2, 0) is 4.79 Å². The van der Waals surface area contributed by atoms with Crippen molar-refractivity contribution in [2.75, 3.05) is 17.7 Å². The summed E-state index contributed by atoms with van der Waals surface area (Å²) in [4.78, 5) is 12.6. The fraction of sp³-hybridized carbons (Fsp3) is 0.833. The first-order valence-corrected chi connectivity index (χ1v) is 5.74. The second-order valence-corrected chi connectivity index (χ2v) is 3.42. The van der Waals surface area contributed by atoms with Crippen molar-refractivity contribution in [1.29, 1.82) is 0 Å². The third-order valence-electron chi connectivity index (χ3n) is 1.12. The molecule has 9 heavy (non-hydrogen) atoms. The molecule has 0 atom stereocenters. The van der Waals surface area contributed by atoms with Gasteiger partial charge in [-0.05, 0) is 0 Å². The standard InChI is InChI=1S/C6H12NO.Pb/c1-6(8)4-5-7(2)3;/h2,4-5H2,1,3H3;. The second-order valence-electron chi connectivity index (χ2n) is 2.19. The third kappa shape index (κ3) is 6.44. The first-order chi connectivity index (χ1) is 4.16. The first-order valence-electron chi connectivity index (χ1n) is 2.99. The van der Waals surface area contributed by atoms with Gasteiger partial charge in [0.15, 0.2) is 0 Å². The summed E-state index contributed by atoms with van der Waals surface area (Å²) < 4.78 is 1.16. The molecule has 51 valence electrons. The van der Waals surface area contributed by atoms with Gasteiger partial charge in [0.05, 0.1) is 0 Å². The minimum atomic E-state index is 0.289. The number of carbonyl (C=O) groups is 1. The molecule has 3 heteroatoms. The van der Waals surface area contributed by atoms with E-state index in [0.717, 1.165) is 10.6 Å². The first kappa shape index (κ1) is 9.55. The van der Waals surface area contributed by atoms with Gasteiger partial charge in [-0.25, -0.2) is 0 Å². The van der Waals surface area contributed by atoms with Crippen LogP contribution in [0.2, 0.25) is 0 Å². The molecule has 0 aromatic carbocycles. The van der Waals surface area contributed by atoms with Gasteiger partial charge in [-0.3, -0.25) is 0 Å². The van der Waals surface area contributed by atoms with Crippen molar-refractivity contribution in [2.24, 2.45) is 0 Å². The van der Waals surface area contributed by atoms with E-state index in [9.17, 15) is 4.79 Å². The zero-order chi connectivity index (χ0) is 7.28. The Labute approximate surface area is 72.3 Å². The summed E-state index contributed by atoms with van der Waals surface area (Å²) in [5.41, 5.74) is 0. The average molecular weight is 321 g/mol. The Bertz CT molecular complexity index is 95.1. The molecule has 0 aliphatic rings. The summed E-state index contributed by atoms with van der Waals surface area (Å²) in [6.45, 7) is 2.57. The summed E-state index contributed by atoms with van der Waals surface area (Å²) in [6, 6.07) is 0. The number of ketones is 1. The van der Waals surface area contributed by atoms with Gasteiger partial charge in [-0.1, -0.05) is 0 Å². The van der Waals surface area contributed by atoms with Gasteiger partial charge in [0.25, 0.3) is 0 Å². The van der Waals surface area contributed by atoms with E-state index in [2.05, 4.69) is 11.9 Å². The van der Waals surface area contributed by atoms with Gasteiger partial charge in [0.2, 0.25) is 0 Å². The molecule has 2 nitrogen and oxygen atoms in total. The van der Waals surface area contributed by atoms with E-state index in [1.165, 1.54) is 25.8 Å². The third-order valence-corrected chi connectivity index (χ3v) is 3.21. The summed E-state index contributed by atoms with van der Waals surface area (Å²) in [7, 11) is 2.05. The molecule has 0 saturated heterocycles.